The Morgan fingerprint density at radius 2 is 1.86 bits per heavy atom. The molecule has 0 fully saturated rings. The number of pyridine rings is 1. The van der Waals surface area contributed by atoms with E-state index in [0.717, 1.165) is 12.0 Å². The largest absolute Gasteiger partial charge is 0.507 e. The Labute approximate surface area is 128 Å². The van der Waals surface area contributed by atoms with Gasteiger partial charge >= 0.3 is 0 Å². The molecule has 4 heteroatoms. The predicted octanol–water partition coefficient (Wildman–Crippen LogP) is 3.47. The minimum atomic E-state index is -0.219. The Morgan fingerprint density at radius 1 is 1.14 bits per heavy atom. The number of rotatable bonds is 3. The van der Waals surface area contributed by atoms with E-state index in [9.17, 15) is 9.90 Å². The van der Waals surface area contributed by atoms with E-state index in [1.165, 1.54) is 24.8 Å². The number of hydrogen-bond donors (Lipinski definition) is 2. The summed E-state index contributed by atoms with van der Waals surface area (Å²) in [5.41, 5.74) is 3.22. The number of aromatic amines is 1. The predicted molar refractivity (Wildman–Crippen MR) is 87.6 cm³/mol. The number of H-pyrrole nitrogens is 1. The average molecular weight is 295 g/mol. The maximum Gasteiger partial charge on any atom is 0.193 e. The lowest BCUT2D eigenvalue weighted by Crippen LogP contribution is -2.03. The summed E-state index contributed by atoms with van der Waals surface area (Å²) >= 11 is 0. The first kappa shape index (κ1) is 14.2. The normalized spacial score (nSPS) is 10.8. The van der Waals surface area contributed by atoms with Crippen molar-refractivity contribution in [2.45, 2.75) is 13.3 Å². The van der Waals surface area contributed by atoms with Crippen LogP contribution in [0.15, 0.2) is 47.3 Å². The molecular formula is C18H17NO3. The molecule has 112 valence electrons. The van der Waals surface area contributed by atoms with Crippen molar-refractivity contribution in [1.82, 2.24) is 4.98 Å². The second-order valence-electron chi connectivity index (χ2n) is 5.17. The van der Waals surface area contributed by atoms with Crippen molar-refractivity contribution in [3.63, 3.8) is 0 Å². The van der Waals surface area contributed by atoms with Crippen LogP contribution in [0.4, 0.5) is 0 Å². The second kappa shape index (κ2) is 5.56. The first-order chi connectivity index (χ1) is 10.6. The lowest BCUT2D eigenvalue weighted by molar-refractivity contribution is 0.409. The number of aromatic hydroxyl groups is 1. The smallest absolute Gasteiger partial charge is 0.193 e. The van der Waals surface area contributed by atoms with Crippen LogP contribution in [0.1, 0.15) is 12.5 Å². The van der Waals surface area contributed by atoms with Gasteiger partial charge in [-0.3, -0.25) is 4.79 Å². The molecule has 4 nitrogen and oxygen atoms in total. The van der Waals surface area contributed by atoms with E-state index in [1.807, 2.05) is 24.3 Å². The molecule has 1 aromatic heterocycles. The molecule has 0 saturated carbocycles. The van der Waals surface area contributed by atoms with Crippen LogP contribution in [0.3, 0.4) is 0 Å². The van der Waals surface area contributed by atoms with Gasteiger partial charge in [0.15, 0.2) is 5.43 Å². The maximum atomic E-state index is 12.3. The third kappa shape index (κ3) is 2.44. The van der Waals surface area contributed by atoms with Crippen molar-refractivity contribution < 1.29 is 9.84 Å². The number of methoxy groups -OCH3 is 1. The van der Waals surface area contributed by atoms with Gasteiger partial charge in [0.2, 0.25) is 0 Å². The van der Waals surface area contributed by atoms with Crippen molar-refractivity contribution in [3.05, 3.63) is 58.3 Å². The minimum Gasteiger partial charge on any atom is -0.507 e. The maximum absolute atomic E-state index is 12.3. The average Bonchev–Trinajstić information content (AvgIpc) is 2.54. The number of phenolic OH excluding ortho intramolecular Hbond substituents is 1. The van der Waals surface area contributed by atoms with Gasteiger partial charge in [-0.2, -0.15) is 0 Å². The molecule has 0 saturated heterocycles. The quantitative estimate of drug-likeness (QED) is 0.777. The van der Waals surface area contributed by atoms with Crippen LogP contribution in [0.5, 0.6) is 11.5 Å². The molecule has 2 N–H and O–H groups in total. The van der Waals surface area contributed by atoms with Gasteiger partial charge in [-0.25, -0.2) is 0 Å². The molecule has 0 aliphatic heterocycles. The number of aryl methyl sites for hydroxylation is 1. The summed E-state index contributed by atoms with van der Waals surface area (Å²) in [6, 6.07) is 12.7. The monoisotopic (exact) mass is 295 g/mol. The van der Waals surface area contributed by atoms with Gasteiger partial charge in [0.05, 0.1) is 18.0 Å². The molecule has 1 heterocycles. The highest BCUT2D eigenvalue weighted by molar-refractivity contribution is 5.88. The summed E-state index contributed by atoms with van der Waals surface area (Å²) < 4.78 is 5.14. The highest BCUT2D eigenvalue weighted by atomic mass is 16.5. The zero-order valence-electron chi connectivity index (χ0n) is 12.5. The molecule has 0 bridgehead atoms. The van der Waals surface area contributed by atoms with Crippen LogP contribution in [0.25, 0.3) is 22.2 Å². The van der Waals surface area contributed by atoms with Crippen molar-refractivity contribution in [1.29, 1.82) is 0 Å². The van der Waals surface area contributed by atoms with Crippen LogP contribution in [0, 0.1) is 0 Å². The van der Waals surface area contributed by atoms with E-state index >= 15 is 0 Å². The molecule has 0 spiro atoms. The van der Waals surface area contributed by atoms with Gasteiger partial charge in [-0.05, 0) is 17.5 Å². The second-order valence-corrected chi connectivity index (χ2v) is 5.17. The van der Waals surface area contributed by atoms with Gasteiger partial charge in [0.1, 0.15) is 11.5 Å². The molecule has 0 amide bonds. The third-order valence-electron chi connectivity index (χ3n) is 3.79. The molecule has 22 heavy (non-hydrogen) atoms. The Balaban J connectivity index is 2.20. The first-order valence-electron chi connectivity index (χ1n) is 7.15. The van der Waals surface area contributed by atoms with Gasteiger partial charge in [0.25, 0.3) is 0 Å². The molecule has 0 aliphatic rings. The summed E-state index contributed by atoms with van der Waals surface area (Å²) in [6.45, 7) is 2.10. The molecule has 0 atom stereocenters. The fourth-order valence-electron chi connectivity index (χ4n) is 2.54. The Morgan fingerprint density at radius 3 is 2.50 bits per heavy atom. The highest BCUT2D eigenvalue weighted by Crippen LogP contribution is 2.28. The zero-order valence-corrected chi connectivity index (χ0v) is 12.5. The molecule has 0 aliphatic carbocycles. The molecule has 0 radical (unpaired) electrons. The van der Waals surface area contributed by atoms with Gasteiger partial charge < -0.3 is 14.8 Å². The fourth-order valence-corrected chi connectivity index (χ4v) is 2.54. The summed E-state index contributed by atoms with van der Waals surface area (Å²) in [5.74, 6) is 0.419. The number of hydrogen-bond acceptors (Lipinski definition) is 3. The summed E-state index contributed by atoms with van der Waals surface area (Å²) in [5, 5.41) is 10.3. The van der Waals surface area contributed by atoms with Crippen molar-refractivity contribution in [2.24, 2.45) is 0 Å². The third-order valence-corrected chi connectivity index (χ3v) is 3.79. The SMILES string of the molecule is CCc1ccc(-c2cc(=O)c3c(O)cc(OC)cc3[nH]2)cc1. The van der Waals surface area contributed by atoms with E-state index in [-0.39, 0.29) is 16.6 Å². The number of fused-ring (bicyclic) bond motifs is 1. The van der Waals surface area contributed by atoms with E-state index in [4.69, 9.17) is 4.74 Å². The summed E-state index contributed by atoms with van der Waals surface area (Å²) in [4.78, 5) is 15.5. The van der Waals surface area contributed by atoms with Gasteiger partial charge in [-0.1, -0.05) is 31.2 Å². The van der Waals surface area contributed by atoms with E-state index < -0.39 is 0 Å². The van der Waals surface area contributed by atoms with Gasteiger partial charge in [-0.15, -0.1) is 0 Å². The van der Waals surface area contributed by atoms with Crippen LogP contribution >= 0.6 is 0 Å². The van der Waals surface area contributed by atoms with Crippen molar-refractivity contribution >= 4 is 10.9 Å². The molecule has 3 rings (SSSR count). The zero-order chi connectivity index (χ0) is 15.7. The van der Waals surface area contributed by atoms with E-state index in [2.05, 4.69) is 11.9 Å². The lowest BCUT2D eigenvalue weighted by Gasteiger charge is -2.08. The molecular weight excluding hydrogens is 278 g/mol. The number of aromatic nitrogens is 1. The van der Waals surface area contributed by atoms with Crippen molar-refractivity contribution in [3.8, 4) is 22.8 Å². The van der Waals surface area contributed by atoms with Crippen molar-refractivity contribution in [2.75, 3.05) is 7.11 Å². The van der Waals surface area contributed by atoms with Crippen LogP contribution in [0.2, 0.25) is 0 Å². The molecule has 3 aromatic rings. The highest BCUT2D eigenvalue weighted by Gasteiger charge is 2.10. The van der Waals surface area contributed by atoms with Crippen LogP contribution < -0.4 is 10.2 Å². The standard InChI is InChI=1S/C18H17NO3/c1-3-11-4-6-12(7-5-11)14-10-17(21)18-15(19-14)8-13(22-2)9-16(18)20/h4-10,20H,3H2,1-2H3,(H,19,21). The fraction of sp³-hybridized carbons (Fsp3) is 0.167. The number of nitrogens with one attached hydrogen (secondary N) is 1. The van der Waals surface area contributed by atoms with Crippen LogP contribution in [-0.2, 0) is 6.42 Å². The molecule has 2 aromatic carbocycles. The molecule has 0 unspecified atom stereocenters. The number of ether oxygens (including phenoxy) is 1. The Hall–Kier alpha value is -2.75. The number of phenols is 1. The van der Waals surface area contributed by atoms with E-state index in [0.29, 0.717) is 17.0 Å². The Kier molecular flexibility index (Phi) is 3.59. The minimum absolute atomic E-state index is 0.0801. The topological polar surface area (TPSA) is 62.3 Å². The van der Waals surface area contributed by atoms with Crippen LogP contribution in [-0.4, -0.2) is 17.2 Å². The summed E-state index contributed by atoms with van der Waals surface area (Å²) in [7, 11) is 1.52. The lowest BCUT2D eigenvalue weighted by atomic mass is 10.1. The summed E-state index contributed by atoms with van der Waals surface area (Å²) in [6.07, 6.45) is 0.972. The first-order valence-corrected chi connectivity index (χ1v) is 7.15. The Bertz CT molecular complexity index is 879. The van der Waals surface area contributed by atoms with E-state index in [1.54, 1.807) is 6.07 Å². The van der Waals surface area contributed by atoms with Gasteiger partial charge in [0, 0.05) is 23.9 Å². The number of benzene rings is 2.